The summed E-state index contributed by atoms with van der Waals surface area (Å²) < 4.78 is 5.41. The molecule has 1 fully saturated rings. The zero-order valence-electron chi connectivity index (χ0n) is 11.8. The third kappa shape index (κ3) is 2.65. The molecule has 0 amide bonds. The molecule has 1 aliphatic heterocycles. The van der Waals surface area contributed by atoms with Crippen LogP contribution in [0.2, 0.25) is 0 Å². The molecule has 1 unspecified atom stereocenters. The van der Waals surface area contributed by atoms with Crippen LogP contribution in [0.25, 0.3) is 0 Å². The Morgan fingerprint density at radius 1 is 1.40 bits per heavy atom. The fourth-order valence-electron chi connectivity index (χ4n) is 2.47. The van der Waals surface area contributed by atoms with Crippen molar-refractivity contribution in [1.82, 2.24) is 20.2 Å². The Morgan fingerprint density at radius 3 is 3.00 bits per heavy atom. The van der Waals surface area contributed by atoms with Gasteiger partial charge in [-0.15, -0.1) is 0 Å². The lowest BCUT2D eigenvalue weighted by atomic mass is 10.1. The highest BCUT2D eigenvalue weighted by Gasteiger charge is 2.19. The topological polar surface area (TPSA) is 75.7 Å². The van der Waals surface area contributed by atoms with E-state index in [0.29, 0.717) is 12.5 Å². The van der Waals surface area contributed by atoms with Gasteiger partial charge in [0.2, 0.25) is 0 Å². The van der Waals surface area contributed by atoms with Gasteiger partial charge in [-0.25, -0.2) is 9.97 Å². The minimum Gasteiger partial charge on any atom is -0.381 e. The van der Waals surface area contributed by atoms with E-state index in [1.165, 1.54) is 5.56 Å². The van der Waals surface area contributed by atoms with Crippen LogP contribution in [0.5, 0.6) is 0 Å². The SMILES string of the molecule is Cc1n[nH]c(C)c1CNc1cc(C2CCOC2)ncn1. The van der Waals surface area contributed by atoms with E-state index in [-0.39, 0.29) is 0 Å². The number of H-pyrrole nitrogens is 1. The van der Waals surface area contributed by atoms with E-state index in [0.717, 1.165) is 42.5 Å². The van der Waals surface area contributed by atoms with Crippen molar-refractivity contribution in [2.45, 2.75) is 32.7 Å². The predicted octanol–water partition coefficient (Wildman–Crippen LogP) is 1.93. The largest absolute Gasteiger partial charge is 0.381 e. The molecule has 3 rings (SSSR count). The van der Waals surface area contributed by atoms with E-state index in [9.17, 15) is 0 Å². The van der Waals surface area contributed by atoms with Crippen LogP contribution in [0.15, 0.2) is 12.4 Å². The van der Waals surface area contributed by atoms with E-state index in [2.05, 4.69) is 25.5 Å². The Balaban J connectivity index is 1.70. The standard InChI is InChI=1S/C14H19N5O/c1-9-12(10(2)19-18-9)6-15-14-5-13(16-8-17-14)11-3-4-20-7-11/h5,8,11H,3-4,6-7H2,1-2H3,(H,18,19)(H,15,16,17). The van der Waals surface area contributed by atoms with E-state index >= 15 is 0 Å². The van der Waals surface area contributed by atoms with Crippen LogP contribution in [0.1, 0.15) is 35.0 Å². The van der Waals surface area contributed by atoms with Gasteiger partial charge in [0.15, 0.2) is 0 Å². The summed E-state index contributed by atoms with van der Waals surface area (Å²) in [6.45, 7) is 6.33. The number of aromatic nitrogens is 4. The average molecular weight is 273 g/mol. The smallest absolute Gasteiger partial charge is 0.129 e. The predicted molar refractivity (Wildman–Crippen MR) is 75.6 cm³/mol. The molecule has 2 aromatic rings. The summed E-state index contributed by atoms with van der Waals surface area (Å²) in [5.74, 6) is 1.25. The van der Waals surface area contributed by atoms with Crippen LogP contribution in [0.4, 0.5) is 5.82 Å². The fraction of sp³-hybridized carbons (Fsp3) is 0.500. The number of nitrogens with zero attached hydrogens (tertiary/aromatic N) is 3. The van der Waals surface area contributed by atoms with Gasteiger partial charge < -0.3 is 10.1 Å². The molecule has 2 N–H and O–H groups in total. The van der Waals surface area contributed by atoms with Gasteiger partial charge in [0, 0.05) is 36.4 Å². The van der Waals surface area contributed by atoms with Crippen molar-refractivity contribution in [2.24, 2.45) is 0 Å². The van der Waals surface area contributed by atoms with Gasteiger partial charge in [-0.3, -0.25) is 5.10 Å². The quantitative estimate of drug-likeness (QED) is 0.890. The minimum absolute atomic E-state index is 0.399. The number of hydrogen-bond donors (Lipinski definition) is 2. The summed E-state index contributed by atoms with van der Waals surface area (Å²) in [6.07, 6.45) is 2.65. The molecule has 0 saturated carbocycles. The van der Waals surface area contributed by atoms with E-state index < -0.39 is 0 Å². The van der Waals surface area contributed by atoms with Gasteiger partial charge in [-0.1, -0.05) is 0 Å². The molecule has 0 spiro atoms. The first-order valence-corrected chi connectivity index (χ1v) is 6.88. The molecule has 6 heteroatoms. The minimum atomic E-state index is 0.399. The molecule has 0 aromatic carbocycles. The molecule has 0 bridgehead atoms. The number of hydrogen-bond acceptors (Lipinski definition) is 5. The zero-order valence-corrected chi connectivity index (χ0v) is 11.8. The second-order valence-corrected chi connectivity index (χ2v) is 5.15. The second kappa shape index (κ2) is 5.58. The highest BCUT2D eigenvalue weighted by molar-refractivity contribution is 5.38. The number of aromatic amines is 1. The van der Waals surface area contributed by atoms with Crippen molar-refractivity contribution in [3.8, 4) is 0 Å². The summed E-state index contributed by atoms with van der Waals surface area (Å²) >= 11 is 0. The molecular formula is C14H19N5O. The van der Waals surface area contributed by atoms with Crippen LogP contribution in [-0.2, 0) is 11.3 Å². The van der Waals surface area contributed by atoms with Crippen LogP contribution in [0.3, 0.4) is 0 Å². The lowest BCUT2D eigenvalue weighted by molar-refractivity contribution is 0.193. The lowest BCUT2D eigenvalue weighted by Crippen LogP contribution is -2.06. The molecule has 3 heterocycles. The van der Waals surface area contributed by atoms with Crippen molar-refractivity contribution in [3.05, 3.63) is 35.0 Å². The van der Waals surface area contributed by atoms with Gasteiger partial charge in [0.1, 0.15) is 12.1 Å². The Hall–Kier alpha value is -1.95. The average Bonchev–Trinajstić information content (AvgIpc) is 3.09. The number of nitrogens with one attached hydrogen (secondary N) is 2. The molecule has 0 radical (unpaired) electrons. The van der Waals surface area contributed by atoms with Gasteiger partial charge in [0.25, 0.3) is 0 Å². The van der Waals surface area contributed by atoms with Crippen molar-refractivity contribution < 1.29 is 4.74 Å². The third-order valence-corrected chi connectivity index (χ3v) is 3.76. The normalized spacial score (nSPS) is 18.4. The van der Waals surface area contributed by atoms with Crippen LogP contribution < -0.4 is 5.32 Å². The van der Waals surface area contributed by atoms with Crippen LogP contribution >= 0.6 is 0 Å². The summed E-state index contributed by atoms with van der Waals surface area (Å²) in [7, 11) is 0. The molecule has 0 aliphatic carbocycles. The van der Waals surface area contributed by atoms with Gasteiger partial charge in [-0.2, -0.15) is 5.10 Å². The molecule has 20 heavy (non-hydrogen) atoms. The first-order valence-electron chi connectivity index (χ1n) is 6.88. The van der Waals surface area contributed by atoms with Gasteiger partial charge >= 0.3 is 0 Å². The Bertz CT molecular complexity index is 570. The maximum atomic E-state index is 5.41. The zero-order chi connectivity index (χ0) is 13.9. The molecule has 1 aliphatic rings. The summed E-state index contributed by atoms with van der Waals surface area (Å²) in [5.41, 5.74) is 4.36. The van der Waals surface area contributed by atoms with Crippen molar-refractivity contribution in [3.63, 3.8) is 0 Å². The number of rotatable bonds is 4. The fourth-order valence-corrected chi connectivity index (χ4v) is 2.47. The lowest BCUT2D eigenvalue weighted by Gasteiger charge is -2.10. The van der Waals surface area contributed by atoms with Crippen LogP contribution in [-0.4, -0.2) is 33.4 Å². The highest BCUT2D eigenvalue weighted by atomic mass is 16.5. The monoisotopic (exact) mass is 273 g/mol. The Kier molecular flexibility index (Phi) is 3.64. The van der Waals surface area contributed by atoms with Crippen molar-refractivity contribution in [2.75, 3.05) is 18.5 Å². The maximum absolute atomic E-state index is 5.41. The first-order chi connectivity index (χ1) is 9.74. The molecule has 106 valence electrons. The molecular weight excluding hydrogens is 254 g/mol. The number of anilines is 1. The molecule has 2 aromatic heterocycles. The second-order valence-electron chi connectivity index (χ2n) is 5.15. The van der Waals surface area contributed by atoms with Crippen molar-refractivity contribution in [1.29, 1.82) is 0 Å². The van der Waals surface area contributed by atoms with Crippen molar-refractivity contribution >= 4 is 5.82 Å². The third-order valence-electron chi connectivity index (χ3n) is 3.76. The molecule has 6 nitrogen and oxygen atoms in total. The van der Waals surface area contributed by atoms with Gasteiger partial charge in [0.05, 0.1) is 18.0 Å². The molecule has 1 atom stereocenters. The Labute approximate surface area is 118 Å². The summed E-state index contributed by atoms with van der Waals surface area (Å²) in [6, 6.07) is 2.02. The summed E-state index contributed by atoms with van der Waals surface area (Å²) in [4.78, 5) is 8.63. The van der Waals surface area contributed by atoms with Gasteiger partial charge in [-0.05, 0) is 20.3 Å². The molecule has 1 saturated heterocycles. The van der Waals surface area contributed by atoms with Crippen LogP contribution in [0, 0.1) is 13.8 Å². The maximum Gasteiger partial charge on any atom is 0.129 e. The van der Waals surface area contributed by atoms with E-state index in [1.54, 1.807) is 6.33 Å². The number of ether oxygens (including phenoxy) is 1. The van der Waals surface area contributed by atoms with E-state index in [4.69, 9.17) is 4.74 Å². The summed E-state index contributed by atoms with van der Waals surface area (Å²) in [5, 5.41) is 10.5. The Morgan fingerprint density at radius 2 is 2.30 bits per heavy atom. The number of aryl methyl sites for hydroxylation is 2. The van der Waals surface area contributed by atoms with E-state index in [1.807, 2.05) is 19.9 Å². The first kappa shape index (κ1) is 13.1. The highest BCUT2D eigenvalue weighted by Crippen LogP contribution is 2.24.